The highest BCUT2D eigenvalue weighted by Gasteiger charge is 2.49. The average Bonchev–Trinajstić information content (AvgIpc) is 3.55. The van der Waals surface area contributed by atoms with Crippen LogP contribution in [0.1, 0.15) is 85.1 Å². The van der Waals surface area contributed by atoms with Crippen molar-refractivity contribution in [2.45, 2.75) is 63.9 Å². The molecule has 0 bridgehead atoms. The van der Waals surface area contributed by atoms with Gasteiger partial charge in [-0.2, -0.15) is 13.2 Å². The second kappa shape index (κ2) is 8.36. The molecule has 35 heavy (non-hydrogen) atoms. The molecule has 1 spiro atoms. The fourth-order valence-electron chi connectivity index (χ4n) is 5.17. The topological polar surface area (TPSA) is 46.0 Å². The molecule has 8 heteroatoms. The van der Waals surface area contributed by atoms with Gasteiger partial charge in [0.2, 0.25) is 0 Å². The molecule has 0 saturated heterocycles. The fourth-order valence-corrected chi connectivity index (χ4v) is 5.17. The Morgan fingerprint density at radius 1 is 1.06 bits per heavy atom. The number of hydrogen-bond donors (Lipinski definition) is 1. The monoisotopic (exact) mass is 488 g/mol. The van der Waals surface area contributed by atoms with Crippen LogP contribution in [0.5, 0.6) is 0 Å². The first-order valence-corrected chi connectivity index (χ1v) is 11.7. The fraction of sp³-hybridized carbons (Fsp3) is 0.407. The van der Waals surface area contributed by atoms with Gasteiger partial charge >= 0.3 is 6.18 Å². The number of benzene rings is 1. The molecule has 1 fully saturated rings. The van der Waals surface area contributed by atoms with Crippen molar-refractivity contribution < 1.29 is 27.1 Å². The number of aromatic nitrogens is 2. The zero-order valence-corrected chi connectivity index (χ0v) is 19.3. The molecule has 3 aromatic rings. The third-order valence-electron chi connectivity index (χ3n) is 7.15. The third-order valence-corrected chi connectivity index (χ3v) is 7.15. The van der Waals surface area contributed by atoms with Gasteiger partial charge in [-0.25, -0.2) is 8.78 Å². The van der Waals surface area contributed by atoms with Gasteiger partial charge in [0.15, 0.2) is 6.17 Å². The molecule has 2 aromatic heterocycles. The maximum atomic E-state index is 16.3. The maximum absolute atomic E-state index is 16.3. The van der Waals surface area contributed by atoms with E-state index >= 15 is 4.39 Å². The second-order valence-electron chi connectivity index (χ2n) is 10.0. The van der Waals surface area contributed by atoms with Gasteiger partial charge in [0.25, 0.3) is 0 Å². The molecule has 0 aliphatic heterocycles. The Kier molecular flexibility index (Phi) is 5.70. The van der Waals surface area contributed by atoms with Crippen LogP contribution in [0.25, 0.3) is 11.1 Å². The molecular weight excluding hydrogens is 463 g/mol. The van der Waals surface area contributed by atoms with Crippen molar-refractivity contribution in [2.75, 3.05) is 0 Å². The number of nitrogens with zero attached hydrogens (tertiary/aromatic N) is 2. The molecule has 184 valence electrons. The van der Waals surface area contributed by atoms with E-state index in [0.29, 0.717) is 47.1 Å². The van der Waals surface area contributed by atoms with Crippen molar-refractivity contribution in [1.29, 1.82) is 0 Å². The largest absolute Gasteiger partial charge is 0.417 e. The van der Waals surface area contributed by atoms with Crippen LogP contribution < -0.4 is 0 Å². The van der Waals surface area contributed by atoms with E-state index in [1.807, 2.05) is 13.8 Å². The summed E-state index contributed by atoms with van der Waals surface area (Å²) in [6.07, 6.45) is -3.54. The van der Waals surface area contributed by atoms with Crippen LogP contribution in [0.3, 0.4) is 0 Å². The van der Waals surface area contributed by atoms with Crippen molar-refractivity contribution in [3.63, 3.8) is 0 Å². The van der Waals surface area contributed by atoms with Gasteiger partial charge in [0, 0.05) is 23.0 Å². The van der Waals surface area contributed by atoms with Crippen LogP contribution in [0.15, 0.2) is 42.6 Å². The molecule has 2 heterocycles. The van der Waals surface area contributed by atoms with Crippen molar-refractivity contribution in [3.8, 4) is 11.1 Å². The van der Waals surface area contributed by atoms with E-state index in [-0.39, 0.29) is 22.6 Å². The third kappa shape index (κ3) is 4.33. The Labute approximate surface area is 200 Å². The van der Waals surface area contributed by atoms with Crippen LogP contribution in [-0.2, 0) is 12.6 Å². The molecule has 3 nitrogen and oxygen atoms in total. The standard InChI is InChI=1S/C27H25F5N2O/c1-14(2)25-23(24(29)18-8-5-16(13-33-18)27(30,31)32)21(15-3-6-17(28)7-4-15)22-19(34-25)11-26(9-10-26)12-20(22)35/h3-8,13-14,20,24,35H,9-12H2,1-2H3. The predicted molar refractivity (Wildman–Crippen MR) is 121 cm³/mol. The van der Waals surface area contributed by atoms with Crippen molar-refractivity contribution in [3.05, 3.63) is 82.2 Å². The molecule has 2 aliphatic carbocycles. The minimum Gasteiger partial charge on any atom is -0.388 e. The highest BCUT2D eigenvalue weighted by molar-refractivity contribution is 5.75. The Bertz CT molecular complexity index is 1250. The summed E-state index contributed by atoms with van der Waals surface area (Å²) in [6.45, 7) is 3.73. The molecular formula is C27H25F5N2O. The van der Waals surface area contributed by atoms with E-state index in [1.54, 1.807) is 0 Å². The molecule has 2 aliphatic rings. The summed E-state index contributed by atoms with van der Waals surface area (Å²) < 4.78 is 69.1. The van der Waals surface area contributed by atoms with Gasteiger partial charge in [-0.3, -0.25) is 9.97 Å². The van der Waals surface area contributed by atoms with Gasteiger partial charge in [-0.1, -0.05) is 26.0 Å². The van der Waals surface area contributed by atoms with Crippen LogP contribution in [0.4, 0.5) is 22.0 Å². The van der Waals surface area contributed by atoms with E-state index < -0.39 is 29.8 Å². The number of alkyl halides is 4. The SMILES string of the molecule is CC(C)c1nc2c(c(-c3ccc(F)cc3)c1C(F)c1ccc(C(F)(F)F)cn1)C(O)CC1(CC1)C2. The van der Waals surface area contributed by atoms with Gasteiger partial charge in [0.1, 0.15) is 5.82 Å². The summed E-state index contributed by atoms with van der Waals surface area (Å²) in [5.41, 5.74) is 1.64. The number of halogens is 5. The summed E-state index contributed by atoms with van der Waals surface area (Å²) in [5.74, 6) is -0.669. The summed E-state index contributed by atoms with van der Waals surface area (Å²) in [6, 6.07) is 7.42. The molecule has 0 amide bonds. The number of fused-ring (bicyclic) bond motifs is 1. The second-order valence-corrected chi connectivity index (χ2v) is 10.0. The number of aliphatic hydroxyl groups is 1. The molecule has 5 rings (SSSR count). The number of hydrogen-bond acceptors (Lipinski definition) is 3. The quantitative estimate of drug-likeness (QED) is 0.394. The van der Waals surface area contributed by atoms with E-state index in [0.717, 1.165) is 25.0 Å². The Hall–Kier alpha value is -2.87. The molecule has 1 aromatic carbocycles. The Morgan fingerprint density at radius 3 is 2.29 bits per heavy atom. The van der Waals surface area contributed by atoms with Crippen molar-refractivity contribution in [2.24, 2.45) is 5.41 Å². The molecule has 0 radical (unpaired) electrons. The van der Waals surface area contributed by atoms with Crippen LogP contribution in [-0.4, -0.2) is 15.1 Å². The lowest BCUT2D eigenvalue weighted by Crippen LogP contribution is -2.24. The smallest absolute Gasteiger partial charge is 0.388 e. The number of rotatable bonds is 4. The Balaban J connectivity index is 1.74. The van der Waals surface area contributed by atoms with E-state index in [2.05, 4.69) is 4.98 Å². The van der Waals surface area contributed by atoms with E-state index in [4.69, 9.17) is 4.98 Å². The highest BCUT2D eigenvalue weighted by Crippen LogP contribution is 2.59. The lowest BCUT2D eigenvalue weighted by molar-refractivity contribution is -0.137. The summed E-state index contributed by atoms with van der Waals surface area (Å²) in [5, 5.41) is 11.2. The van der Waals surface area contributed by atoms with Crippen LogP contribution in [0, 0.1) is 11.2 Å². The predicted octanol–water partition coefficient (Wildman–Crippen LogP) is 7.24. The number of aliphatic hydroxyl groups excluding tert-OH is 1. The first-order chi connectivity index (χ1) is 16.5. The molecule has 1 N–H and O–H groups in total. The maximum Gasteiger partial charge on any atom is 0.417 e. The first-order valence-electron chi connectivity index (χ1n) is 11.7. The van der Waals surface area contributed by atoms with E-state index in [9.17, 15) is 22.7 Å². The lowest BCUT2D eigenvalue weighted by atomic mass is 9.76. The molecule has 2 atom stereocenters. The van der Waals surface area contributed by atoms with Gasteiger partial charge < -0.3 is 5.11 Å². The summed E-state index contributed by atoms with van der Waals surface area (Å²) in [4.78, 5) is 8.61. The zero-order valence-electron chi connectivity index (χ0n) is 19.3. The minimum absolute atomic E-state index is 0.0132. The minimum atomic E-state index is -4.59. The molecule has 1 saturated carbocycles. The van der Waals surface area contributed by atoms with Gasteiger partial charge in [-0.15, -0.1) is 0 Å². The summed E-state index contributed by atoms with van der Waals surface area (Å²) >= 11 is 0. The normalized spacial score (nSPS) is 19.6. The average molecular weight is 489 g/mol. The lowest BCUT2D eigenvalue weighted by Gasteiger charge is -2.33. The van der Waals surface area contributed by atoms with Gasteiger partial charge in [-0.05, 0) is 72.4 Å². The van der Waals surface area contributed by atoms with Crippen LogP contribution >= 0.6 is 0 Å². The summed E-state index contributed by atoms with van der Waals surface area (Å²) in [7, 11) is 0. The van der Waals surface area contributed by atoms with Crippen molar-refractivity contribution in [1.82, 2.24) is 9.97 Å². The molecule has 2 unspecified atom stereocenters. The highest BCUT2D eigenvalue weighted by atomic mass is 19.4. The Morgan fingerprint density at radius 2 is 1.74 bits per heavy atom. The first kappa shape index (κ1) is 23.9. The zero-order chi connectivity index (χ0) is 25.1. The van der Waals surface area contributed by atoms with Gasteiger partial charge in [0.05, 0.1) is 23.1 Å². The number of pyridine rings is 2. The van der Waals surface area contributed by atoms with E-state index in [1.165, 1.54) is 24.3 Å². The van der Waals surface area contributed by atoms with Crippen LogP contribution in [0.2, 0.25) is 0 Å². The van der Waals surface area contributed by atoms with Crippen molar-refractivity contribution >= 4 is 0 Å².